The highest BCUT2D eigenvalue weighted by atomic mass is 16.2. The maximum absolute atomic E-state index is 13.5. The SMILES string of the molecule is Cc1cccnc1NC(=O)C1CCCN(C(=O)c2cc(C3CC3)nc3ccccc23)C1. The average molecular weight is 415 g/mol. The third kappa shape index (κ3) is 4.02. The summed E-state index contributed by atoms with van der Waals surface area (Å²) < 4.78 is 0. The van der Waals surface area contributed by atoms with Crippen molar-refractivity contribution in [2.75, 3.05) is 18.4 Å². The molecule has 1 atom stereocenters. The van der Waals surface area contributed by atoms with Crippen LogP contribution in [0.15, 0.2) is 48.7 Å². The molecule has 1 N–H and O–H groups in total. The van der Waals surface area contributed by atoms with Crippen LogP contribution < -0.4 is 5.32 Å². The van der Waals surface area contributed by atoms with Gasteiger partial charge in [-0.3, -0.25) is 14.6 Å². The molecule has 158 valence electrons. The molecule has 1 aliphatic heterocycles. The quantitative estimate of drug-likeness (QED) is 0.690. The molecule has 0 bridgehead atoms. The second kappa shape index (κ2) is 8.10. The van der Waals surface area contributed by atoms with Crippen molar-refractivity contribution in [3.8, 4) is 0 Å². The second-order valence-corrected chi connectivity index (χ2v) is 8.63. The van der Waals surface area contributed by atoms with E-state index in [1.807, 2.05) is 54.3 Å². The lowest BCUT2D eigenvalue weighted by molar-refractivity contribution is -0.121. The van der Waals surface area contributed by atoms with Crippen molar-refractivity contribution in [1.29, 1.82) is 0 Å². The molecule has 2 aliphatic rings. The van der Waals surface area contributed by atoms with Gasteiger partial charge in [0.05, 0.1) is 17.0 Å². The van der Waals surface area contributed by atoms with Gasteiger partial charge in [-0.15, -0.1) is 0 Å². The lowest BCUT2D eigenvalue weighted by atomic mass is 9.95. The number of anilines is 1. The first-order valence-corrected chi connectivity index (χ1v) is 11.0. The van der Waals surface area contributed by atoms with E-state index in [0.29, 0.717) is 30.4 Å². The van der Waals surface area contributed by atoms with Gasteiger partial charge in [0.2, 0.25) is 5.91 Å². The van der Waals surface area contributed by atoms with Gasteiger partial charge < -0.3 is 10.2 Å². The number of aromatic nitrogens is 2. The highest BCUT2D eigenvalue weighted by Crippen LogP contribution is 2.40. The van der Waals surface area contributed by atoms with E-state index in [2.05, 4.69) is 10.3 Å². The van der Waals surface area contributed by atoms with Gasteiger partial charge in [0.25, 0.3) is 5.91 Å². The smallest absolute Gasteiger partial charge is 0.254 e. The Morgan fingerprint density at radius 2 is 1.94 bits per heavy atom. The number of aryl methyl sites for hydroxylation is 1. The standard InChI is InChI=1S/C25H26N4O2/c1-16-6-4-12-26-23(16)28-24(30)18-7-5-13-29(15-18)25(31)20-14-22(17-10-11-17)27-21-9-3-2-8-19(20)21/h2-4,6,8-9,12,14,17-18H,5,7,10-11,13,15H2,1H3,(H,26,28,30). The Bertz CT molecular complexity index is 1160. The largest absolute Gasteiger partial charge is 0.338 e. The number of nitrogens with zero attached hydrogens (tertiary/aromatic N) is 3. The summed E-state index contributed by atoms with van der Waals surface area (Å²) in [6.45, 7) is 3.01. The summed E-state index contributed by atoms with van der Waals surface area (Å²) in [6.07, 6.45) is 5.52. The van der Waals surface area contributed by atoms with Gasteiger partial charge in [0.1, 0.15) is 5.82 Å². The summed E-state index contributed by atoms with van der Waals surface area (Å²) in [5, 5.41) is 3.83. The van der Waals surface area contributed by atoms with E-state index in [9.17, 15) is 9.59 Å². The van der Waals surface area contributed by atoms with Crippen molar-refractivity contribution in [1.82, 2.24) is 14.9 Å². The van der Waals surface area contributed by atoms with Gasteiger partial charge in [-0.1, -0.05) is 24.3 Å². The van der Waals surface area contributed by atoms with Crippen LogP contribution in [0.25, 0.3) is 10.9 Å². The van der Waals surface area contributed by atoms with Crippen molar-refractivity contribution < 1.29 is 9.59 Å². The van der Waals surface area contributed by atoms with Crippen molar-refractivity contribution in [2.24, 2.45) is 5.92 Å². The van der Waals surface area contributed by atoms with E-state index < -0.39 is 0 Å². The molecule has 3 heterocycles. The maximum Gasteiger partial charge on any atom is 0.254 e. The number of likely N-dealkylation sites (tertiary alicyclic amines) is 1. The van der Waals surface area contributed by atoms with E-state index in [1.54, 1.807) is 6.20 Å². The van der Waals surface area contributed by atoms with Crippen LogP contribution in [-0.2, 0) is 4.79 Å². The average Bonchev–Trinajstić information content (AvgIpc) is 3.65. The van der Waals surface area contributed by atoms with E-state index in [1.165, 1.54) is 0 Å². The molecule has 1 unspecified atom stereocenters. The molecule has 2 fully saturated rings. The van der Waals surface area contributed by atoms with Gasteiger partial charge in [-0.25, -0.2) is 4.98 Å². The van der Waals surface area contributed by atoms with E-state index in [0.717, 1.165) is 47.8 Å². The fraction of sp³-hybridized carbons (Fsp3) is 0.360. The summed E-state index contributed by atoms with van der Waals surface area (Å²) in [7, 11) is 0. The Morgan fingerprint density at radius 3 is 2.74 bits per heavy atom. The monoisotopic (exact) mass is 414 g/mol. The summed E-state index contributed by atoms with van der Waals surface area (Å²) in [4.78, 5) is 37.3. The van der Waals surface area contributed by atoms with Crippen LogP contribution in [-0.4, -0.2) is 39.8 Å². The van der Waals surface area contributed by atoms with Gasteiger partial charge >= 0.3 is 0 Å². The number of hydrogen-bond donors (Lipinski definition) is 1. The molecule has 31 heavy (non-hydrogen) atoms. The number of rotatable bonds is 4. The highest BCUT2D eigenvalue weighted by Gasteiger charge is 2.32. The number of piperidine rings is 1. The predicted molar refractivity (Wildman–Crippen MR) is 120 cm³/mol. The van der Waals surface area contributed by atoms with Gasteiger partial charge in [0, 0.05) is 36.3 Å². The molecule has 1 aromatic carbocycles. The molecule has 2 aromatic heterocycles. The minimum absolute atomic E-state index is 0.00739. The second-order valence-electron chi connectivity index (χ2n) is 8.63. The number of hydrogen-bond acceptors (Lipinski definition) is 4. The lowest BCUT2D eigenvalue weighted by Gasteiger charge is -2.32. The van der Waals surface area contributed by atoms with E-state index in [4.69, 9.17) is 4.98 Å². The maximum atomic E-state index is 13.5. The number of nitrogens with one attached hydrogen (secondary N) is 1. The molecule has 1 saturated heterocycles. The van der Waals surface area contributed by atoms with E-state index in [-0.39, 0.29) is 17.7 Å². The van der Waals surface area contributed by atoms with Gasteiger partial charge in [0.15, 0.2) is 0 Å². The Labute approximate surface area is 181 Å². The summed E-state index contributed by atoms with van der Waals surface area (Å²) >= 11 is 0. The molecule has 2 amide bonds. The van der Waals surface area contributed by atoms with Gasteiger partial charge in [-0.05, 0) is 56.4 Å². The van der Waals surface area contributed by atoms with Crippen molar-refractivity contribution in [3.05, 3.63) is 65.5 Å². The number of fused-ring (bicyclic) bond motifs is 1. The predicted octanol–water partition coefficient (Wildman–Crippen LogP) is 4.31. The summed E-state index contributed by atoms with van der Waals surface area (Å²) in [6, 6.07) is 13.6. The molecule has 3 aromatic rings. The van der Waals surface area contributed by atoms with Crippen LogP contribution in [0.4, 0.5) is 5.82 Å². The zero-order valence-electron chi connectivity index (χ0n) is 17.7. The zero-order valence-corrected chi connectivity index (χ0v) is 17.7. The number of carbonyl (C=O) groups is 2. The first-order valence-electron chi connectivity index (χ1n) is 11.0. The molecule has 6 heteroatoms. The number of amides is 2. The van der Waals surface area contributed by atoms with Crippen LogP contribution in [0.5, 0.6) is 0 Å². The minimum Gasteiger partial charge on any atom is -0.338 e. The number of pyridine rings is 2. The Balaban J connectivity index is 1.37. The van der Waals surface area contributed by atoms with Crippen LogP contribution in [0.2, 0.25) is 0 Å². The zero-order chi connectivity index (χ0) is 21.4. The first-order chi connectivity index (χ1) is 15.1. The normalized spacial score (nSPS) is 18.7. The molecule has 1 aliphatic carbocycles. The lowest BCUT2D eigenvalue weighted by Crippen LogP contribution is -2.44. The first kappa shape index (κ1) is 19.7. The number of carbonyl (C=O) groups excluding carboxylic acids is 2. The fourth-order valence-electron chi connectivity index (χ4n) is 4.34. The molecular weight excluding hydrogens is 388 g/mol. The van der Waals surface area contributed by atoms with Crippen molar-refractivity contribution >= 4 is 28.5 Å². The molecule has 0 radical (unpaired) electrons. The van der Waals surface area contributed by atoms with E-state index >= 15 is 0 Å². The van der Waals surface area contributed by atoms with Crippen molar-refractivity contribution in [3.63, 3.8) is 0 Å². The Kier molecular flexibility index (Phi) is 5.14. The molecule has 6 nitrogen and oxygen atoms in total. The summed E-state index contributed by atoms with van der Waals surface area (Å²) in [5.74, 6) is 0.738. The van der Waals surface area contributed by atoms with Crippen LogP contribution in [0.1, 0.15) is 53.2 Å². The Morgan fingerprint density at radius 1 is 1.10 bits per heavy atom. The van der Waals surface area contributed by atoms with Crippen LogP contribution in [0.3, 0.4) is 0 Å². The highest BCUT2D eigenvalue weighted by molar-refractivity contribution is 6.06. The topological polar surface area (TPSA) is 75.2 Å². The minimum atomic E-state index is -0.241. The third-order valence-electron chi connectivity index (χ3n) is 6.29. The summed E-state index contributed by atoms with van der Waals surface area (Å²) in [5.41, 5.74) is 3.51. The van der Waals surface area contributed by atoms with Crippen LogP contribution >= 0.6 is 0 Å². The third-order valence-corrected chi connectivity index (χ3v) is 6.29. The van der Waals surface area contributed by atoms with Crippen LogP contribution in [0, 0.1) is 12.8 Å². The number of benzene rings is 1. The van der Waals surface area contributed by atoms with Crippen molar-refractivity contribution in [2.45, 2.75) is 38.5 Å². The molecule has 5 rings (SSSR count). The molecule has 0 spiro atoms. The van der Waals surface area contributed by atoms with Gasteiger partial charge in [-0.2, -0.15) is 0 Å². The number of para-hydroxylation sites is 1. The Hall–Kier alpha value is -3.28. The molecule has 1 saturated carbocycles. The fourth-order valence-corrected chi connectivity index (χ4v) is 4.34. The molecular formula is C25H26N4O2.